The van der Waals surface area contributed by atoms with Crippen LogP contribution in [0.1, 0.15) is 31.0 Å². The van der Waals surface area contributed by atoms with Crippen LogP contribution in [0.2, 0.25) is 0 Å². The summed E-state index contributed by atoms with van der Waals surface area (Å²) in [5.41, 5.74) is 5.20. The predicted octanol–water partition coefficient (Wildman–Crippen LogP) is 4.23. The first kappa shape index (κ1) is 13.9. The molecule has 0 amide bonds. The van der Waals surface area contributed by atoms with E-state index in [9.17, 15) is 0 Å². The fraction of sp³-hybridized carbons (Fsp3) is 0.412. The van der Waals surface area contributed by atoms with E-state index in [-0.39, 0.29) is 0 Å². The summed E-state index contributed by atoms with van der Waals surface area (Å²) in [6, 6.07) is 13.2. The molecule has 19 heavy (non-hydrogen) atoms. The Morgan fingerprint density at radius 1 is 1.05 bits per heavy atom. The largest absolute Gasteiger partial charge is 0.383 e. The van der Waals surface area contributed by atoms with Gasteiger partial charge < -0.3 is 9.30 Å². The summed E-state index contributed by atoms with van der Waals surface area (Å²) in [6.45, 7) is 8.23. The van der Waals surface area contributed by atoms with E-state index in [4.69, 9.17) is 4.74 Å². The molecule has 0 saturated heterocycles. The first-order chi connectivity index (χ1) is 9.13. The van der Waals surface area contributed by atoms with Gasteiger partial charge in [-0.1, -0.05) is 38.1 Å². The van der Waals surface area contributed by atoms with Crippen LogP contribution in [0.15, 0.2) is 36.4 Å². The Bertz CT molecular complexity index is 523. The Labute approximate surface area is 116 Å². The Kier molecular flexibility index (Phi) is 4.43. The lowest BCUT2D eigenvalue weighted by Crippen LogP contribution is -2.07. The maximum absolute atomic E-state index is 5.19. The third-order valence-electron chi connectivity index (χ3n) is 3.59. The molecule has 0 bridgehead atoms. The number of nitrogens with zero attached hydrogens (tertiary/aromatic N) is 1. The molecule has 0 atom stereocenters. The average Bonchev–Trinajstić information content (AvgIpc) is 2.78. The first-order valence-electron chi connectivity index (χ1n) is 6.89. The third-order valence-corrected chi connectivity index (χ3v) is 3.59. The van der Waals surface area contributed by atoms with Crippen molar-refractivity contribution in [1.29, 1.82) is 0 Å². The predicted molar refractivity (Wildman–Crippen MR) is 80.6 cm³/mol. The molecule has 0 spiro atoms. The number of ether oxygens (including phenoxy) is 1. The van der Waals surface area contributed by atoms with Crippen molar-refractivity contribution >= 4 is 0 Å². The second kappa shape index (κ2) is 6.07. The number of hydrogen-bond acceptors (Lipinski definition) is 1. The van der Waals surface area contributed by atoms with Crippen LogP contribution in [0.4, 0.5) is 0 Å². The zero-order valence-electron chi connectivity index (χ0n) is 12.3. The van der Waals surface area contributed by atoms with Gasteiger partial charge in [0.15, 0.2) is 0 Å². The number of aromatic nitrogens is 1. The highest BCUT2D eigenvalue weighted by Gasteiger charge is 2.07. The monoisotopic (exact) mass is 257 g/mol. The Balaban J connectivity index is 2.30. The van der Waals surface area contributed by atoms with Crippen molar-refractivity contribution in [1.82, 2.24) is 4.57 Å². The number of benzene rings is 1. The molecule has 1 aromatic carbocycles. The van der Waals surface area contributed by atoms with E-state index >= 15 is 0 Å². The lowest BCUT2D eigenvalue weighted by atomic mass is 10.0. The fourth-order valence-corrected chi connectivity index (χ4v) is 2.34. The SMILES string of the molecule is COCCn1c(C)ccc1-c1ccc(C(C)C)cc1. The number of aryl methyl sites for hydroxylation is 1. The van der Waals surface area contributed by atoms with Crippen molar-refractivity contribution in [2.75, 3.05) is 13.7 Å². The Morgan fingerprint density at radius 2 is 1.74 bits per heavy atom. The molecule has 0 unspecified atom stereocenters. The topological polar surface area (TPSA) is 14.2 Å². The lowest BCUT2D eigenvalue weighted by molar-refractivity contribution is 0.187. The van der Waals surface area contributed by atoms with Gasteiger partial charge in [-0.25, -0.2) is 0 Å². The van der Waals surface area contributed by atoms with Crippen LogP contribution in [0.25, 0.3) is 11.3 Å². The van der Waals surface area contributed by atoms with Crippen LogP contribution in [0.5, 0.6) is 0 Å². The highest BCUT2D eigenvalue weighted by molar-refractivity contribution is 5.61. The molecule has 1 heterocycles. The van der Waals surface area contributed by atoms with E-state index in [1.54, 1.807) is 7.11 Å². The van der Waals surface area contributed by atoms with Crippen LogP contribution in [-0.4, -0.2) is 18.3 Å². The molecule has 2 aromatic rings. The molecular weight excluding hydrogens is 234 g/mol. The van der Waals surface area contributed by atoms with Crippen molar-refractivity contribution < 1.29 is 4.74 Å². The van der Waals surface area contributed by atoms with Crippen LogP contribution in [0.3, 0.4) is 0 Å². The Hall–Kier alpha value is -1.54. The second-order valence-electron chi connectivity index (χ2n) is 5.28. The molecule has 2 heteroatoms. The quantitative estimate of drug-likeness (QED) is 0.781. The van der Waals surface area contributed by atoms with Gasteiger partial charge in [0, 0.05) is 25.0 Å². The molecule has 0 radical (unpaired) electrons. The van der Waals surface area contributed by atoms with Crippen molar-refractivity contribution in [2.24, 2.45) is 0 Å². The van der Waals surface area contributed by atoms with Gasteiger partial charge in [0.1, 0.15) is 0 Å². The van der Waals surface area contributed by atoms with Crippen molar-refractivity contribution in [3.05, 3.63) is 47.7 Å². The van der Waals surface area contributed by atoms with Gasteiger partial charge in [-0.3, -0.25) is 0 Å². The van der Waals surface area contributed by atoms with Crippen LogP contribution >= 0.6 is 0 Å². The highest BCUT2D eigenvalue weighted by Crippen LogP contribution is 2.24. The molecule has 0 saturated carbocycles. The van der Waals surface area contributed by atoms with Gasteiger partial charge in [0.2, 0.25) is 0 Å². The van der Waals surface area contributed by atoms with E-state index in [2.05, 4.69) is 61.7 Å². The van der Waals surface area contributed by atoms with Gasteiger partial charge in [-0.2, -0.15) is 0 Å². The third kappa shape index (κ3) is 3.07. The molecule has 0 aliphatic rings. The number of hydrogen-bond donors (Lipinski definition) is 0. The molecule has 0 fully saturated rings. The standard InChI is InChI=1S/C17H23NO/c1-13(2)15-6-8-16(9-7-15)17-10-5-14(3)18(17)11-12-19-4/h5-10,13H,11-12H2,1-4H3. The minimum absolute atomic E-state index is 0.580. The highest BCUT2D eigenvalue weighted by atomic mass is 16.5. The smallest absolute Gasteiger partial charge is 0.0642 e. The summed E-state index contributed by atoms with van der Waals surface area (Å²) < 4.78 is 7.50. The fourth-order valence-electron chi connectivity index (χ4n) is 2.34. The average molecular weight is 257 g/mol. The number of methoxy groups -OCH3 is 1. The summed E-state index contributed by atoms with van der Waals surface area (Å²) in [7, 11) is 1.75. The molecule has 0 aliphatic carbocycles. The van der Waals surface area contributed by atoms with Gasteiger partial charge in [-0.05, 0) is 36.1 Å². The molecule has 2 rings (SSSR count). The van der Waals surface area contributed by atoms with Crippen molar-refractivity contribution in [2.45, 2.75) is 33.2 Å². The maximum atomic E-state index is 5.19. The summed E-state index contributed by atoms with van der Waals surface area (Å²) in [5.74, 6) is 0.580. The van der Waals surface area contributed by atoms with Gasteiger partial charge in [-0.15, -0.1) is 0 Å². The van der Waals surface area contributed by atoms with E-state index in [0.29, 0.717) is 5.92 Å². The lowest BCUT2D eigenvalue weighted by Gasteiger charge is -2.12. The van der Waals surface area contributed by atoms with Gasteiger partial charge in [0.05, 0.1) is 6.61 Å². The maximum Gasteiger partial charge on any atom is 0.0642 e. The van der Waals surface area contributed by atoms with E-state index in [0.717, 1.165) is 13.2 Å². The first-order valence-corrected chi connectivity index (χ1v) is 6.89. The molecule has 102 valence electrons. The van der Waals surface area contributed by atoms with Crippen LogP contribution in [0, 0.1) is 6.92 Å². The normalized spacial score (nSPS) is 11.2. The molecule has 2 nitrogen and oxygen atoms in total. The summed E-state index contributed by atoms with van der Waals surface area (Å²) in [5, 5.41) is 0. The second-order valence-corrected chi connectivity index (χ2v) is 5.28. The summed E-state index contributed by atoms with van der Waals surface area (Å²) in [4.78, 5) is 0. The zero-order valence-corrected chi connectivity index (χ0v) is 12.3. The molecule has 0 N–H and O–H groups in total. The number of rotatable bonds is 5. The minimum atomic E-state index is 0.580. The van der Waals surface area contributed by atoms with E-state index < -0.39 is 0 Å². The van der Waals surface area contributed by atoms with Crippen molar-refractivity contribution in [3.8, 4) is 11.3 Å². The summed E-state index contributed by atoms with van der Waals surface area (Å²) >= 11 is 0. The van der Waals surface area contributed by atoms with E-state index in [1.807, 2.05) is 0 Å². The minimum Gasteiger partial charge on any atom is -0.383 e. The molecule has 0 aliphatic heterocycles. The summed E-state index contributed by atoms with van der Waals surface area (Å²) in [6.07, 6.45) is 0. The molecular formula is C17H23NO. The van der Waals surface area contributed by atoms with Crippen LogP contribution in [-0.2, 0) is 11.3 Å². The van der Waals surface area contributed by atoms with Crippen molar-refractivity contribution in [3.63, 3.8) is 0 Å². The van der Waals surface area contributed by atoms with Gasteiger partial charge >= 0.3 is 0 Å². The van der Waals surface area contributed by atoms with Crippen LogP contribution < -0.4 is 0 Å². The molecule has 1 aromatic heterocycles. The Morgan fingerprint density at radius 3 is 2.32 bits per heavy atom. The zero-order chi connectivity index (χ0) is 13.8. The van der Waals surface area contributed by atoms with E-state index in [1.165, 1.54) is 22.5 Å². The van der Waals surface area contributed by atoms with Gasteiger partial charge in [0.25, 0.3) is 0 Å².